The topological polar surface area (TPSA) is 145 Å². The van der Waals surface area contributed by atoms with E-state index < -0.39 is 33.4 Å². The van der Waals surface area contributed by atoms with Gasteiger partial charge in [0.05, 0.1) is 4.90 Å². The van der Waals surface area contributed by atoms with E-state index in [4.69, 9.17) is 0 Å². The Morgan fingerprint density at radius 2 is 1.63 bits per heavy atom. The highest BCUT2D eigenvalue weighted by Crippen LogP contribution is 2.35. The van der Waals surface area contributed by atoms with Crippen LogP contribution in [0.5, 0.6) is 0 Å². The van der Waals surface area contributed by atoms with Crippen molar-refractivity contribution in [3.63, 3.8) is 0 Å². The maximum Gasteiger partial charge on any atom is 0.421 e. The summed E-state index contributed by atoms with van der Waals surface area (Å²) in [5, 5.41) is 11.2. The first-order valence-corrected chi connectivity index (χ1v) is 18.4. The minimum atomic E-state index is -4.70. The summed E-state index contributed by atoms with van der Waals surface area (Å²) < 4.78 is 65.1. The van der Waals surface area contributed by atoms with E-state index in [9.17, 15) is 31.2 Å². The fourth-order valence-electron chi connectivity index (χ4n) is 6.25. The van der Waals surface area contributed by atoms with E-state index in [-0.39, 0.29) is 29.2 Å². The second-order valence-electron chi connectivity index (χ2n) is 12.9. The van der Waals surface area contributed by atoms with E-state index in [1.54, 1.807) is 6.07 Å². The summed E-state index contributed by atoms with van der Waals surface area (Å²) in [5.41, 5.74) is 3.25. The van der Waals surface area contributed by atoms with Crippen LogP contribution in [0, 0.1) is 0 Å². The van der Waals surface area contributed by atoms with Crippen LogP contribution in [0.3, 0.4) is 0 Å². The van der Waals surface area contributed by atoms with Crippen LogP contribution >= 0.6 is 0 Å². The summed E-state index contributed by atoms with van der Waals surface area (Å²) in [5.74, 6) is -0.606. The Morgan fingerprint density at radius 3 is 2.29 bits per heavy atom. The van der Waals surface area contributed by atoms with Gasteiger partial charge in [-0.2, -0.15) is 18.2 Å². The van der Waals surface area contributed by atoms with Gasteiger partial charge >= 0.3 is 6.18 Å². The number of imide groups is 1. The number of piperidine rings is 2. The number of carbonyl (C=O) groups excluding carboxylic acids is 2. The SMILES string of the molecule is CS(=O)(=O)c1cccc(CNc2nc(Nc3ccc(C4CCN(Cc5ccc(NC6CCC(=O)NC6=O)cc5)CC4)cc3)ncc2C(F)(F)F)c1. The first kappa shape index (κ1) is 35.8. The van der Waals surface area contributed by atoms with Gasteiger partial charge in [0.25, 0.3) is 0 Å². The van der Waals surface area contributed by atoms with Crippen LogP contribution in [0.15, 0.2) is 83.9 Å². The van der Waals surface area contributed by atoms with Gasteiger partial charge in [0.15, 0.2) is 9.84 Å². The Balaban J connectivity index is 1.02. The third kappa shape index (κ3) is 9.41. The molecular formula is C36H38F3N7O4S. The van der Waals surface area contributed by atoms with Gasteiger partial charge in [-0.05, 0) is 91.4 Å². The molecule has 0 aliphatic carbocycles. The highest BCUT2D eigenvalue weighted by molar-refractivity contribution is 7.90. The Bertz CT molecular complexity index is 1980. The molecule has 3 heterocycles. The number of benzene rings is 3. The predicted octanol–water partition coefficient (Wildman–Crippen LogP) is 5.85. The van der Waals surface area contributed by atoms with Crippen molar-refractivity contribution < 1.29 is 31.2 Å². The zero-order chi connectivity index (χ0) is 36.2. The molecule has 2 fully saturated rings. The number of nitrogens with zero attached hydrogens (tertiary/aromatic N) is 3. The Kier molecular flexibility index (Phi) is 10.6. The van der Waals surface area contributed by atoms with E-state index in [2.05, 4.69) is 36.1 Å². The number of halogens is 3. The second kappa shape index (κ2) is 15.1. The van der Waals surface area contributed by atoms with Crippen molar-refractivity contribution >= 4 is 44.8 Å². The van der Waals surface area contributed by atoms with Crippen molar-refractivity contribution in [2.24, 2.45) is 0 Å². The average molecular weight is 722 g/mol. The molecule has 1 aromatic heterocycles. The van der Waals surface area contributed by atoms with Gasteiger partial charge < -0.3 is 16.0 Å². The van der Waals surface area contributed by atoms with Gasteiger partial charge in [0.2, 0.25) is 17.8 Å². The highest BCUT2D eigenvalue weighted by atomic mass is 32.2. The molecule has 2 amide bonds. The number of rotatable bonds is 11. The molecule has 51 heavy (non-hydrogen) atoms. The molecule has 0 radical (unpaired) electrons. The van der Waals surface area contributed by atoms with Crippen molar-refractivity contribution in [3.05, 3.63) is 101 Å². The van der Waals surface area contributed by atoms with Crippen molar-refractivity contribution in [3.8, 4) is 0 Å². The molecule has 6 rings (SSSR count). The number of anilines is 4. The average Bonchev–Trinajstić information content (AvgIpc) is 3.09. The van der Waals surface area contributed by atoms with Gasteiger partial charge in [-0.1, -0.05) is 36.4 Å². The molecule has 268 valence electrons. The summed E-state index contributed by atoms with van der Waals surface area (Å²) in [7, 11) is -3.48. The summed E-state index contributed by atoms with van der Waals surface area (Å²) in [6.07, 6.45) is -0.158. The van der Waals surface area contributed by atoms with Crippen LogP contribution in [-0.2, 0) is 38.7 Å². The number of likely N-dealkylation sites (tertiary alicyclic amines) is 1. The standard InChI is InChI=1S/C36H38F3N7O4S/c1-51(49,50)29-4-2-3-24(19-29)20-40-33-30(36(37,38)39)21-41-35(45-33)43-28-11-7-25(8-12-28)26-15-17-46(18-16-26)22-23-5-9-27(10-6-23)42-31-13-14-32(47)44-34(31)48/h2-12,19,21,26,31,42H,13-18,20,22H2,1H3,(H,44,47,48)(H2,40,41,43,45). The lowest BCUT2D eigenvalue weighted by molar-refractivity contribution is -0.137. The van der Waals surface area contributed by atoms with Crippen LogP contribution in [0.4, 0.5) is 36.3 Å². The number of hydrogen-bond donors (Lipinski definition) is 4. The monoisotopic (exact) mass is 721 g/mol. The first-order valence-electron chi connectivity index (χ1n) is 16.6. The molecule has 4 aromatic rings. The van der Waals surface area contributed by atoms with E-state index in [1.807, 2.05) is 48.5 Å². The number of carbonyl (C=O) groups is 2. The quantitative estimate of drug-likeness (QED) is 0.139. The van der Waals surface area contributed by atoms with E-state index in [0.717, 1.165) is 50.6 Å². The zero-order valence-corrected chi connectivity index (χ0v) is 28.7. The van der Waals surface area contributed by atoms with Crippen LogP contribution in [0.1, 0.15) is 53.9 Å². The number of hydrogen-bond acceptors (Lipinski definition) is 10. The van der Waals surface area contributed by atoms with Gasteiger partial charge in [-0.25, -0.2) is 13.4 Å². The van der Waals surface area contributed by atoms with Crippen LogP contribution in [-0.4, -0.2) is 60.5 Å². The minimum Gasteiger partial charge on any atom is -0.374 e. The third-order valence-electron chi connectivity index (χ3n) is 9.05. The van der Waals surface area contributed by atoms with Gasteiger partial charge in [-0.3, -0.25) is 19.8 Å². The van der Waals surface area contributed by atoms with Crippen LogP contribution < -0.4 is 21.3 Å². The summed E-state index contributed by atoms with van der Waals surface area (Å²) in [6, 6.07) is 21.3. The normalized spacial score (nSPS) is 17.5. The van der Waals surface area contributed by atoms with Crippen molar-refractivity contribution in [2.45, 2.75) is 61.8 Å². The lowest BCUT2D eigenvalue weighted by Crippen LogP contribution is -2.47. The fraction of sp³-hybridized carbons (Fsp3) is 0.333. The number of amides is 2. The van der Waals surface area contributed by atoms with E-state index >= 15 is 0 Å². The van der Waals surface area contributed by atoms with Crippen LogP contribution in [0.2, 0.25) is 0 Å². The number of sulfone groups is 1. The molecule has 0 saturated carbocycles. The highest BCUT2D eigenvalue weighted by Gasteiger charge is 2.35. The second-order valence-corrected chi connectivity index (χ2v) is 14.9. The zero-order valence-electron chi connectivity index (χ0n) is 27.8. The molecule has 4 N–H and O–H groups in total. The molecule has 11 nitrogen and oxygen atoms in total. The van der Waals surface area contributed by atoms with Crippen molar-refractivity contribution in [2.75, 3.05) is 35.3 Å². The third-order valence-corrected chi connectivity index (χ3v) is 10.2. The summed E-state index contributed by atoms with van der Waals surface area (Å²) >= 11 is 0. The predicted molar refractivity (Wildman–Crippen MR) is 187 cm³/mol. The Morgan fingerprint density at radius 1 is 0.922 bits per heavy atom. The van der Waals surface area contributed by atoms with Gasteiger partial charge in [-0.15, -0.1) is 0 Å². The molecule has 15 heteroatoms. The van der Waals surface area contributed by atoms with E-state index in [0.29, 0.717) is 30.0 Å². The molecule has 3 aromatic carbocycles. The maximum absolute atomic E-state index is 13.8. The van der Waals surface area contributed by atoms with Crippen LogP contribution in [0.25, 0.3) is 0 Å². The van der Waals surface area contributed by atoms with Crippen molar-refractivity contribution in [1.29, 1.82) is 0 Å². The Labute approximate surface area is 294 Å². The molecule has 1 unspecified atom stereocenters. The lowest BCUT2D eigenvalue weighted by Gasteiger charge is -2.32. The minimum absolute atomic E-state index is 0.0174. The molecule has 2 aliphatic rings. The smallest absolute Gasteiger partial charge is 0.374 e. The number of nitrogens with one attached hydrogen (secondary N) is 4. The lowest BCUT2D eigenvalue weighted by atomic mass is 9.89. The molecular weight excluding hydrogens is 684 g/mol. The van der Waals surface area contributed by atoms with Gasteiger partial charge in [0, 0.05) is 43.3 Å². The largest absolute Gasteiger partial charge is 0.421 e. The van der Waals surface area contributed by atoms with E-state index in [1.165, 1.54) is 29.3 Å². The molecule has 0 spiro atoms. The van der Waals surface area contributed by atoms with Crippen molar-refractivity contribution in [1.82, 2.24) is 20.2 Å². The Hall–Kier alpha value is -5.02. The summed E-state index contributed by atoms with van der Waals surface area (Å²) in [4.78, 5) is 33.9. The number of aromatic nitrogens is 2. The summed E-state index contributed by atoms with van der Waals surface area (Å²) in [6.45, 7) is 2.58. The molecule has 2 aliphatic heterocycles. The first-order chi connectivity index (χ1) is 24.3. The van der Waals surface area contributed by atoms with Gasteiger partial charge in [0.1, 0.15) is 17.4 Å². The molecule has 1 atom stereocenters. The molecule has 0 bridgehead atoms. The number of alkyl halides is 3. The maximum atomic E-state index is 13.8. The fourth-order valence-corrected chi connectivity index (χ4v) is 6.94. The molecule has 2 saturated heterocycles.